The number of benzene rings is 2. The number of nitrogen functional groups attached to an aromatic ring is 1. The molecule has 1 heterocycles. The second-order valence-electron chi connectivity index (χ2n) is 5.15. The molecule has 0 fully saturated rings. The molecule has 0 spiro atoms. The quantitative estimate of drug-likeness (QED) is 0.726. The van der Waals surface area contributed by atoms with E-state index in [2.05, 4.69) is 55.1 Å². The predicted octanol–water partition coefficient (Wildman–Crippen LogP) is 4.28. The maximum Gasteiger partial charge on any atom is 0.133 e. The van der Waals surface area contributed by atoms with Crippen molar-refractivity contribution in [3.63, 3.8) is 0 Å². The highest BCUT2D eigenvalue weighted by Gasteiger charge is 2.11. The second kappa shape index (κ2) is 5.44. The molecule has 0 aliphatic carbocycles. The molecule has 106 valence electrons. The van der Waals surface area contributed by atoms with Crippen LogP contribution in [0.25, 0.3) is 10.9 Å². The second-order valence-corrected chi connectivity index (χ2v) is 5.15. The van der Waals surface area contributed by atoms with Gasteiger partial charge in [0.25, 0.3) is 0 Å². The number of nitrogens with zero attached hydrogens (tertiary/aromatic N) is 2. The highest BCUT2D eigenvalue weighted by Crippen LogP contribution is 2.28. The minimum Gasteiger partial charge on any atom is -0.399 e. The van der Waals surface area contributed by atoms with Crippen molar-refractivity contribution in [2.24, 2.45) is 0 Å². The standard InChI is InChI=1S/C18H19N3/c1-3-21(17-7-5-4-6-13(17)2)18-11-8-14-12-15(19)9-10-16(14)20-18/h4-12H,3,19H2,1-2H3. The van der Waals surface area contributed by atoms with Crippen LogP contribution in [0.1, 0.15) is 12.5 Å². The Labute approximate surface area is 125 Å². The van der Waals surface area contributed by atoms with E-state index < -0.39 is 0 Å². The highest BCUT2D eigenvalue weighted by molar-refractivity contribution is 5.84. The van der Waals surface area contributed by atoms with Gasteiger partial charge in [-0.15, -0.1) is 0 Å². The number of rotatable bonds is 3. The Balaban J connectivity index is 2.09. The molecule has 0 aliphatic heterocycles. The molecule has 0 aliphatic rings. The van der Waals surface area contributed by atoms with Crippen LogP contribution in [0.4, 0.5) is 17.2 Å². The van der Waals surface area contributed by atoms with Gasteiger partial charge in [-0.2, -0.15) is 0 Å². The lowest BCUT2D eigenvalue weighted by molar-refractivity contribution is 0.990. The van der Waals surface area contributed by atoms with E-state index in [0.29, 0.717) is 0 Å². The number of hydrogen-bond donors (Lipinski definition) is 1. The fraction of sp³-hybridized carbons (Fsp3) is 0.167. The Kier molecular flexibility index (Phi) is 3.48. The molecular formula is C18H19N3. The first-order chi connectivity index (χ1) is 10.2. The number of aryl methyl sites for hydroxylation is 1. The summed E-state index contributed by atoms with van der Waals surface area (Å²) in [5.74, 6) is 0.962. The van der Waals surface area contributed by atoms with Crippen molar-refractivity contribution in [2.45, 2.75) is 13.8 Å². The molecule has 3 rings (SSSR count). The Morgan fingerprint density at radius 3 is 2.62 bits per heavy atom. The third-order valence-corrected chi connectivity index (χ3v) is 3.70. The van der Waals surface area contributed by atoms with E-state index in [1.54, 1.807) is 0 Å². The summed E-state index contributed by atoms with van der Waals surface area (Å²) in [5, 5.41) is 1.07. The predicted molar refractivity (Wildman–Crippen MR) is 90.0 cm³/mol. The first kappa shape index (κ1) is 13.4. The SMILES string of the molecule is CCN(c1ccc2cc(N)ccc2n1)c1ccccc1C. The van der Waals surface area contributed by atoms with Crippen LogP contribution in [-0.2, 0) is 0 Å². The normalized spacial score (nSPS) is 10.8. The molecule has 2 N–H and O–H groups in total. The lowest BCUT2D eigenvalue weighted by atomic mass is 10.1. The van der Waals surface area contributed by atoms with Gasteiger partial charge in [0.05, 0.1) is 5.52 Å². The fourth-order valence-electron chi connectivity index (χ4n) is 2.61. The van der Waals surface area contributed by atoms with Crippen molar-refractivity contribution in [1.29, 1.82) is 0 Å². The third kappa shape index (κ3) is 2.55. The van der Waals surface area contributed by atoms with Gasteiger partial charge >= 0.3 is 0 Å². The summed E-state index contributed by atoms with van der Waals surface area (Å²) in [6.45, 7) is 5.14. The molecule has 3 aromatic rings. The van der Waals surface area contributed by atoms with E-state index in [1.165, 1.54) is 11.3 Å². The molecule has 21 heavy (non-hydrogen) atoms. The minimum absolute atomic E-state index is 0.767. The summed E-state index contributed by atoms with van der Waals surface area (Å²) in [6, 6.07) is 18.3. The van der Waals surface area contributed by atoms with Gasteiger partial charge in [0.15, 0.2) is 0 Å². The van der Waals surface area contributed by atoms with Crippen LogP contribution in [0.3, 0.4) is 0 Å². The monoisotopic (exact) mass is 277 g/mol. The van der Waals surface area contributed by atoms with Gasteiger partial charge in [-0.05, 0) is 55.8 Å². The van der Waals surface area contributed by atoms with Crippen LogP contribution in [0.5, 0.6) is 0 Å². The summed E-state index contributed by atoms with van der Waals surface area (Å²) in [4.78, 5) is 7.00. The average molecular weight is 277 g/mol. The zero-order valence-electron chi connectivity index (χ0n) is 12.4. The van der Waals surface area contributed by atoms with E-state index in [-0.39, 0.29) is 0 Å². The van der Waals surface area contributed by atoms with Gasteiger partial charge in [-0.3, -0.25) is 0 Å². The molecule has 0 unspecified atom stereocenters. The first-order valence-electron chi connectivity index (χ1n) is 7.18. The maximum atomic E-state index is 5.82. The first-order valence-corrected chi connectivity index (χ1v) is 7.18. The number of pyridine rings is 1. The zero-order chi connectivity index (χ0) is 14.8. The maximum absolute atomic E-state index is 5.82. The van der Waals surface area contributed by atoms with Gasteiger partial charge in [-0.25, -0.2) is 4.98 Å². The molecule has 0 amide bonds. The molecule has 0 bridgehead atoms. The Bertz CT molecular complexity index is 780. The van der Waals surface area contributed by atoms with Gasteiger partial charge in [-0.1, -0.05) is 18.2 Å². The molecule has 0 atom stereocenters. The number of anilines is 3. The summed E-state index contributed by atoms with van der Waals surface area (Å²) in [6.07, 6.45) is 0. The van der Waals surface area contributed by atoms with Crippen LogP contribution >= 0.6 is 0 Å². The third-order valence-electron chi connectivity index (χ3n) is 3.70. The Hall–Kier alpha value is -2.55. The number of para-hydroxylation sites is 1. The topological polar surface area (TPSA) is 42.1 Å². The smallest absolute Gasteiger partial charge is 0.133 e. The van der Waals surface area contributed by atoms with E-state index in [0.717, 1.165) is 29.0 Å². The van der Waals surface area contributed by atoms with Crippen LogP contribution in [0.2, 0.25) is 0 Å². The molecule has 0 saturated carbocycles. The number of nitrogens with two attached hydrogens (primary N) is 1. The average Bonchev–Trinajstić information content (AvgIpc) is 2.50. The van der Waals surface area contributed by atoms with Crippen molar-refractivity contribution >= 4 is 28.1 Å². The van der Waals surface area contributed by atoms with Crippen LogP contribution in [0.15, 0.2) is 54.6 Å². The van der Waals surface area contributed by atoms with Crippen LogP contribution < -0.4 is 10.6 Å². The van der Waals surface area contributed by atoms with E-state index >= 15 is 0 Å². The largest absolute Gasteiger partial charge is 0.399 e. The van der Waals surface area contributed by atoms with E-state index in [9.17, 15) is 0 Å². The van der Waals surface area contributed by atoms with Gasteiger partial charge < -0.3 is 10.6 Å². The molecule has 2 aromatic carbocycles. The molecule has 1 aromatic heterocycles. The number of hydrogen-bond acceptors (Lipinski definition) is 3. The van der Waals surface area contributed by atoms with Crippen LogP contribution in [-0.4, -0.2) is 11.5 Å². The van der Waals surface area contributed by atoms with Crippen molar-refractivity contribution in [3.05, 3.63) is 60.2 Å². The molecule has 0 radical (unpaired) electrons. The minimum atomic E-state index is 0.767. The Morgan fingerprint density at radius 1 is 1.05 bits per heavy atom. The summed E-state index contributed by atoms with van der Waals surface area (Å²) >= 11 is 0. The summed E-state index contributed by atoms with van der Waals surface area (Å²) in [5.41, 5.74) is 10.00. The Morgan fingerprint density at radius 2 is 1.86 bits per heavy atom. The lowest BCUT2D eigenvalue weighted by Crippen LogP contribution is -2.18. The number of fused-ring (bicyclic) bond motifs is 1. The lowest BCUT2D eigenvalue weighted by Gasteiger charge is -2.24. The molecule has 0 saturated heterocycles. The van der Waals surface area contributed by atoms with Gasteiger partial charge in [0.1, 0.15) is 5.82 Å². The summed E-state index contributed by atoms with van der Waals surface area (Å²) in [7, 11) is 0. The van der Waals surface area contributed by atoms with Crippen molar-refractivity contribution in [3.8, 4) is 0 Å². The zero-order valence-corrected chi connectivity index (χ0v) is 12.4. The van der Waals surface area contributed by atoms with E-state index in [1.807, 2.05) is 18.2 Å². The highest BCUT2D eigenvalue weighted by atomic mass is 15.2. The van der Waals surface area contributed by atoms with Crippen LogP contribution in [0, 0.1) is 6.92 Å². The van der Waals surface area contributed by atoms with Crippen molar-refractivity contribution in [1.82, 2.24) is 4.98 Å². The molecular weight excluding hydrogens is 258 g/mol. The molecule has 3 heteroatoms. The van der Waals surface area contributed by atoms with E-state index in [4.69, 9.17) is 10.7 Å². The van der Waals surface area contributed by atoms with Crippen molar-refractivity contribution in [2.75, 3.05) is 17.2 Å². The fourth-order valence-corrected chi connectivity index (χ4v) is 2.61. The molecule has 3 nitrogen and oxygen atoms in total. The number of aromatic nitrogens is 1. The summed E-state index contributed by atoms with van der Waals surface area (Å²) < 4.78 is 0. The van der Waals surface area contributed by atoms with Gasteiger partial charge in [0.2, 0.25) is 0 Å². The van der Waals surface area contributed by atoms with Crippen molar-refractivity contribution < 1.29 is 0 Å². The van der Waals surface area contributed by atoms with Gasteiger partial charge in [0, 0.05) is 23.3 Å².